The number of likely N-dealkylation sites (N-methyl/N-ethyl adjacent to an activating group) is 1. The van der Waals surface area contributed by atoms with Crippen molar-refractivity contribution in [3.8, 4) is 5.75 Å². The summed E-state index contributed by atoms with van der Waals surface area (Å²) in [5.74, 6) is 0.700. The van der Waals surface area contributed by atoms with E-state index < -0.39 is 6.04 Å². The molecule has 10 heteroatoms. The molecule has 1 aromatic carbocycles. The Labute approximate surface area is 197 Å². The number of aromatic nitrogens is 3. The van der Waals surface area contributed by atoms with Gasteiger partial charge in [0.25, 0.3) is 0 Å². The lowest BCUT2D eigenvalue weighted by Crippen LogP contribution is -2.52. The molecule has 2 atom stereocenters. The first-order valence-electron chi connectivity index (χ1n) is 11.0. The average molecular weight is 469 g/mol. The number of benzene rings is 1. The summed E-state index contributed by atoms with van der Waals surface area (Å²) in [4.78, 5) is 19.1. The number of hydrogen-bond acceptors (Lipinski definition) is 7. The van der Waals surface area contributed by atoms with Gasteiger partial charge in [-0.3, -0.25) is 9.48 Å². The molecule has 3 aromatic rings. The maximum atomic E-state index is 13.8. The van der Waals surface area contributed by atoms with Gasteiger partial charge in [0.1, 0.15) is 23.4 Å². The summed E-state index contributed by atoms with van der Waals surface area (Å²) in [7, 11) is 4.99. The molecule has 0 bridgehead atoms. The van der Waals surface area contributed by atoms with Gasteiger partial charge in [-0.2, -0.15) is 5.10 Å². The van der Waals surface area contributed by atoms with Gasteiger partial charge in [-0.1, -0.05) is 0 Å². The van der Waals surface area contributed by atoms with E-state index in [1.54, 1.807) is 24.1 Å². The van der Waals surface area contributed by atoms with Crippen LogP contribution >= 0.6 is 0 Å². The molecule has 9 nitrogen and oxygen atoms in total. The van der Waals surface area contributed by atoms with Gasteiger partial charge in [-0.15, -0.1) is 0 Å². The van der Waals surface area contributed by atoms with Gasteiger partial charge in [0, 0.05) is 44.6 Å². The van der Waals surface area contributed by atoms with Gasteiger partial charge in [0.2, 0.25) is 5.91 Å². The molecule has 1 aliphatic rings. The van der Waals surface area contributed by atoms with E-state index in [0.29, 0.717) is 30.3 Å². The summed E-state index contributed by atoms with van der Waals surface area (Å²) in [6, 6.07) is 6.08. The van der Waals surface area contributed by atoms with Crippen LogP contribution in [-0.2, 0) is 22.6 Å². The monoisotopic (exact) mass is 468 g/mol. The molecule has 0 spiro atoms. The lowest BCUT2D eigenvalue weighted by atomic mass is 10.0. The molecule has 0 radical (unpaired) electrons. The zero-order valence-corrected chi connectivity index (χ0v) is 19.9. The highest BCUT2D eigenvalue weighted by Gasteiger charge is 2.36. The number of amides is 1. The summed E-state index contributed by atoms with van der Waals surface area (Å²) in [5, 5.41) is 10.7. The van der Waals surface area contributed by atoms with Gasteiger partial charge >= 0.3 is 0 Å². The number of aryl methyl sites for hydroxylation is 1. The van der Waals surface area contributed by atoms with Crippen molar-refractivity contribution in [2.24, 2.45) is 0 Å². The Kier molecular flexibility index (Phi) is 6.69. The molecular formula is C24H29FN6O3. The Bertz CT molecular complexity index is 1200. The van der Waals surface area contributed by atoms with Crippen molar-refractivity contribution in [1.29, 1.82) is 0 Å². The van der Waals surface area contributed by atoms with Crippen molar-refractivity contribution in [3.05, 3.63) is 59.3 Å². The van der Waals surface area contributed by atoms with Crippen LogP contribution in [0.25, 0.3) is 0 Å². The SMILES string of the molecule is COc1cc(F)cc(Cn2cc(CNc3cc4c(c(C)n3)NC(=O)[C@H]([C@@H](C)OC)N4C)cn2)c1. The number of anilines is 3. The number of fused-ring (bicyclic) bond motifs is 1. The molecule has 2 N–H and O–H groups in total. The molecule has 2 aromatic heterocycles. The second-order valence-electron chi connectivity index (χ2n) is 8.37. The average Bonchev–Trinajstić information content (AvgIpc) is 3.25. The number of carbonyl (C=O) groups is 1. The first kappa shape index (κ1) is 23.5. The minimum Gasteiger partial charge on any atom is -0.497 e. The molecule has 1 amide bonds. The molecule has 34 heavy (non-hydrogen) atoms. The Morgan fingerprint density at radius 1 is 1.24 bits per heavy atom. The fourth-order valence-corrected chi connectivity index (χ4v) is 4.15. The summed E-state index contributed by atoms with van der Waals surface area (Å²) in [6.07, 6.45) is 3.39. The lowest BCUT2D eigenvalue weighted by molar-refractivity contribution is -0.120. The number of carbonyl (C=O) groups excluding carboxylic acids is 1. The van der Waals surface area contributed by atoms with Crippen LogP contribution in [0.1, 0.15) is 23.7 Å². The van der Waals surface area contributed by atoms with Gasteiger partial charge in [-0.05, 0) is 31.5 Å². The highest BCUT2D eigenvalue weighted by Crippen LogP contribution is 2.36. The van der Waals surface area contributed by atoms with Crippen LogP contribution < -0.4 is 20.3 Å². The third kappa shape index (κ3) is 4.81. The van der Waals surface area contributed by atoms with E-state index in [1.807, 2.05) is 38.1 Å². The zero-order chi connectivity index (χ0) is 24.4. The van der Waals surface area contributed by atoms with Crippen molar-refractivity contribution in [2.75, 3.05) is 36.8 Å². The number of rotatable bonds is 8. The number of methoxy groups -OCH3 is 2. The minimum atomic E-state index is -0.438. The molecule has 3 heterocycles. The molecule has 0 saturated heterocycles. The molecule has 1 aliphatic heterocycles. The molecule has 0 saturated carbocycles. The quantitative estimate of drug-likeness (QED) is 0.524. The molecule has 0 unspecified atom stereocenters. The van der Waals surface area contributed by atoms with Crippen molar-refractivity contribution in [2.45, 2.75) is 39.1 Å². The predicted molar refractivity (Wildman–Crippen MR) is 128 cm³/mol. The van der Waals surface area contributed by atoms with E-state index in [2.05, 4.69) is 20.7 Å². The molecular weight excluding hydrogens is 439 g/mol. The summed E-state index contributed by atoms with van der Waals surface area (Å²) < 4.78 is 26.0. The maximum absolute atomic E-state index is 13.8. The second-order valence-corrected chi connectivity index (χ2v) is 8.37. The molecule has 0 aliphatic carbocycles. The summed E-state index contributed by atoms with van der Waals surface area (Å²) in [5.41, 5.74) is 4.01. The molecule has 0 fully saturated rings. The van der Waals surface area contributed by atoms with Crippen LogP contribution in [0.3, 0.4) is 0 Å². The smallest absolute Gasteiger partial charge is 0.249 e. The van der Waals surface area contributed by atoms with Crippen LogP contribution in [0.5, 0.6) is 5.75 Å². The van der Waals surface area contributed by atoms with Gasteiger partial charge in [0.15, 0.2) is 0 Å². The fourth-order valence-electron chi connectivity index (χ4n) is 4.15. The second kappa shape index (κ2) is 9.68. The van der Waals surface area contributed by atoms with Gasteiger partial charge in [0.05, 0.1) is 43.0 Å². The topological polar surface area (TPSA) is 93.5 Å². The minimum absolute atomic E-state index is 0.113. The number of halogens is 1. The van der Waals surface area contributed by atoms with E-state index in [-0.39, 0.29) is 17.8 Å². The first-order chi connectivity index (χ1) is 16.3. The number of hydrogen-bond donors (Lipinski definition) is 2. The van der Waals surface area contributed by atoms with E-state index >= 15 is 0 Å². The van der Waals surface area contributed by atoms with Gasteiger partial charge < -0.3 is 25.0 Å². The van der Waals surface area contributed by atoms with Crippen LogP contribution in [0.4, 0.5) is 21.6 Å². The summed E-state index contributed by atoms with van der Waals surface area (Å²) >= 11 is 0. The highest BCUT2D eigenvalue weighted by molar-refractivity contribution is 6.04. The normalized spacial score (nSPS) is 16.1. The summed E-state index contributed by atoms with van der Waals surface area (Å²) in [6.45, 7) is 4.67. The van der Waals surface area contributed by atoms with Crippen molar-refractivity contribution in [1.82, 2.24) is 14.8 Å². The van der Waals surface area contributed by atoms with E-state index in [9.17, 15) is 9.18 Å². The predicted octanol–water partition coefficient (Wildman–Crippen LogP) is 3.19. The molecule has 180 valence electrons. The number of nitrogens with one attached hydrogen (secondary N) is 2. The van der Waals surface area contributed by atoms with E-state index in [1.165, 1.54) is 19.2 Å². The van der Waals surface area contributed by atoms with E-state index in [0.717, 1.165) is 22.5 Å². The first-order valence-corrected chi connectivity index (χ1v) is 11.0. The van der Waals surface area contributed by atoms with Crippen LogP contribution in [0.15, 0.2) is 36.7 Å². The Balaban J connectivity index is 1.47. The van der Waals surface area contributed by atoms with Crippen molar-refractivity contribution < 1.29 is 18.7 Å². The molecule has 4 rings (SSSR count). The Morgan fingerprint density at radius 2 is 2.03 bits per heavy atom. The van der Waals surface area contributed by atoms with Gasteiger partial charge in [-0.25, -0.2) is 9.37 Å². The Morgan fingerprint density at radius 3 is 2.76 bits per heavy atom. The van der Waals surface area contributed by atoms with Crippen LogP contribution in [0.2, 0.25) is 0 Å². The Hall–Kier alpha value is -3.66. The van der Waals surface area contributed by atoms with Crippen molar-refractivity contribution >= 4 is 23.1 Å². The number of nitrogens with zero attached hydrogens (tertiary/aromatic N) is 4. The number of pyridine rings is 1. The fraction of sp³-hybridized carbons (Fsp3) is 0.375. The third-order valence-corrected chi connectivity index (χ3v) is 5.98. The highest BCUT2D eigenvalue weighted by atomic mass is 19.1. The number of ether oxygens (including phenoxy) is 2. The standard InChI is InChI=1S/C24H29FN6O3/c1-14-22-20(30(3)23(15(2)33-4)24(32)29-22)9-21(28-14)26-10-17-11-27-31(13-17)12-16-6-18(25)8-19(7-16)34-5/h6-9,11,13,15,23H,10,12H2,1-5H3,(H,26,28)(H,29,32)/t15-,23+/m1/s1. The van der Waals surface area contributed by atoms with Crippen LogP contribution in [-0.4, -0.2) is 54.1 Å². The third-order valence-electron chi connectivity index (χ3n) is 5.98. The lowest BCUT2D eigenvalue weighted by Gasteiger charge is -2.38. The van der Waals surface area contributed by atoms with E-state index in [4.69, 9.17) is 9.47 Å². The maximum Gasteiger partial charge on any atom is 0.249 e. The van der Waals surface area contributed by atoms with Crippen molar-refractivity contribution in [3.63, 3.8) is 0 Å². The van der Waals surface area contributed by atoms with Crippen LogP contribution in [0, 0.1) is 12.7 Å². The zero-order valence-electron chi connectivity index (χ0n) is 19.9. The largest absolute Gasteiger partial charge is 0.497 e.